The van der Waals surface area contributed by atoms with Crippen molar-refractivity contribution in [1.82, 2.24) is 4.90 Å². The van der Waals surface area contributed by atoms with Crippen LogP contribution in [-0.2, 0) is 6.54 Å². The highest BCUT2D eigenvalue weighted by Gasteiger charge is 2.38. The number of rotatable bonds is 5. The van der Waals surface area contributed by atoms with E-state index >= 15 is 0 Å². The first-order valence-electron chi connectivity index (χ1n) is 7.81. The first-order valence-corrected chi connectivity index (χ1v) is 7.81. The molecule has 2 aliphatic carbocycles. The molecular formula is C18H26N2. The van der Waals surface area contributed by atoms with Crippen LogP contribution in [0.3, 0.4) is 0 Å². The second-order valence-corrected chi connectivity index (χ2v) is 6.77. The van der Waals surface area contributed by atoms with Crippen LogP contribution in [0.2, 0.25) is 0 Å². The van der Waals surface area contributed by atoms with Gasteiger partial charge >= 0.3 is 0 Å². The van der Waals surface area contributed by atoms with Crippen molar-refractivity contribution in [3.8, 4) is 0 Å². The average molecular weight is 270 g/mol. The number of para-hydroxylation sites is 1. The Kier molecular flexibility index (Phi) is 3.84. The minimum Gasteiger partial charge on any atom is -0.382 e. The smallest absolute Gasteiger partial charge is 0.0388 e. The minimum atomic E-state index is 0.554. The van der Waals surface area contributed by atoms with Crippen molar-refractivity contribution in [1.29, 1.82) is 0 Å². The second kappa shape index (κ2) is 5.61. The molecule has 1 fully saturated rings. The van der Waals surface area contributed by atoms with Crippen LogP contribution in [0.15, 0.2) is 36.4 Å². The first-order chi connectivity index (χ1) is 9.63. The van der Waals surface area contributed by atoms with Crippen LogP contribution < -0.4 is 5.32 Å². The Balaban J connectivity index is 1.69. The Morgan fingerprint density at radius 3 is 2.65 bits per heavy atom. The average Bonchev–Trinajstić information content (AvgIpc) is 3.02. The summed E-state index contributed by atoms with van der Waals surface area (Å²) in [5, 5.41) is 3.78. The van der Waals surface area contributed by atoms with Crippen molar-refractivity contribution in [2.45, 2.75) is 32.4 Å². The Morgan fingerprint density at radius 2 is 2.00 bits per heavy atom. The van der Waals surface area contributed by atoms with Gasteiger partial charge in [0.25, 0.3) is 0 Å². The molecule has 4 unspecified atom stereocenters. The van der Waals surface area contributed by atoms with E-state index in [1.807, 2.05) is 0 Å². The van der Waals surface area contributed by atoms with Crippen LogP contribution in [0.5, 0.6) is 0 Å². The molecule has 0 radical (unpaired) electrons. The van der Waals surface area contributed by atoms with Gasteiger partial charge in [-0.05, 0) is 63.2 Å². The summed E-state index contributed by atoms with van der Waals surface area (Å²) >= 11 is 0. The SMILES string of the molecule is CC(Nc1ccccc1CN(C)C)C1CC2C=CC1C2. The number of fused-ring (bicyclic) bond motifs is 2. The lowest BCUT2D eigenvalue weighted by molar-refractivity contribution is 0.394. The summed E-state index contributed by atoms with van der Waals surface area (Å²) < 4.78 is 0. The molecule has 1 saturated carbocycles. The number of anilines is 1. The van der Waals surface area contributed by atoms with Gasteiger partial charge in [0.05, 0.1) is 0 Å². The van der Waals surface area contributed by atoms with Gasteiger partial charge in [-0.15, -0.1) is 0 Å². The highest BCUT2D eigenvalue weighted by Crippen LogP contribution is 2.45. The lowest BCUT2D eigenvalue weighted by atomic mass is 9.87. The lowest BCUT2D eigenvalue weighted by Gasteiger charge is -2.28. The van der Waals surface area contributed by atoms with Gasteiger partial charge < -0.3 is 10.2 Å². The van der Waals surface area contributed by atoms with Crippen LogP contribution in [0.1, 0.15) is 25.3 Å². The molecule has 0 spiro atoms. The van der Waals surface area contributed by atoms with Crippen LogP contribution in [0.4, 0.5) is 5.69 Å². The molecule has 0 aromatic heterocycles. The molecule has 0 amide bonds. The molecule has 1 N–H and O–H groups in total. The maximum Gasteiger partial charge on any atom is 0.0388 e. The molecule has 20 heavy (non-hydrogen) atoms. The molecule has 3 rings (SSSR count). The van der Waals surface area contributed by atoms with Crippen LogP contribution in [-0.4, -0.2) is 25.0 Å². The van der Waals surface area contributed by atoms with E-state index < -0.39 is 0 Å². The highest BCUT2D eigenvalue weighted by molar-refractivity contribution is 5.51. The number of hydrogen-bond acceptors (Lipinski definition) is 2. The molecule has 2 heteroatoms. The summed E-state index contributed by atoms with van der Waals surface area (Å²) in [4.78, 5) is 2.23. The molecule has 0 heterocycles. The molecule has 2 nitrogen and oxygen atoms in total. The minimum absolute atomic E-state index is 0.554. The Bertz CT molecular complexity index is 492. The predicted molar refractivity (Wildman–Crippen MR) is 85.8 cm³/mol. The summed E-state index contributed by atoms with van der Waals surface area (Å²) in [6, 6.07) is 9.27. The fourth-order valence-electron chi connectivity index (χ4n) is 3.89. The van der Waals surface area contributed by atoms with Crippen LogP contribution in [0, 0.1) is 17.8 Å². The summed E-state index contributed by atoms with van der Waals surface area (Å²) in [6.45, 7) is 3.35. The molecule has 4 atom stereocenters. The van der Waals surface area contributed by atoms with Gasteiger partial charge in [0.15, 0.2) is 0 Å². The Labute approximate surface area is 122 Å². The third-order valence-electron chi connectivity index (χ3n) is 4.86. The van der Waals surface area contributed by atoms with Crippen LogP contribution in [0.25, 0.3) is 0 Å². The predicted octanol–water partition coefficient (Wildman–Crippen LogP) is 3.76. The zero-order chi connectivity index (χ0) is 14.1. The Morgan fingerprint density at radius 1 is 1.20 bits per heavy atom. The number of benzene rings is 1. The maximum absolute atomic E-state index is 3.78. The number of hydrogen-bond donors (Lipinski definition) is 1. The Hall–Kier alpha value is -1.28. The molecule has 2 aliphatic rings. The van der Waals surface area contributed by atoms with E-state index in [9.17, 15) is 0 Å². The standard InChI is InChI=1S/C18H26N2/c1-13(17-11-14-8-9-15(17)10-14)19-18-7-5-4-6-16(18)12-20(2)3/h4-9,13-15,17,19H,10-12H2,1-3H3. The van der Waals surface area contributed by atoms with Gasteiger partial charge in [-0.25, -0.2) is 0 Å². The molecular weight excluding hydrogens is 244 g/mol. The van der Waals surface area contributed by atoms with Crippen molar-refractivity contribution >= 4 is 5.69 Å². The topological polar surface area (TPSA) is 15.3 Å². The van der Waals surface area contributed by atoms with E-state index in [0.29, 0.717) is 6.04 Å². The van der Waals surface area contributed by atoms with E-state index in [1.165, 1.54) is 24.1 Å². The molecule has 0 saturated heterocycles. The summed E-state index contributed by atoms with van der Waals surface area (Å²) in [5.74, 6) is 2.46. The first kappa shape index (κ1) is 13.7. The van der Waals surface area contributed by atoms with Gasteiger partial charge in [0.1, 0.15) is 0 Å². The highest BCUT2D eigenvalue weighted by atomic mass is 15.1. The molecule has 1 aromatic rings. The number of allylic oxidation sites excluding steroid dienone is 2. The van der Waals surface area contributed by atoms with E-state index in [1.54, 1.807) is 0 Å². The van der Waals surface area contributed by atoms with Gasteiger partial charge in [0.2, 0.25) is 0 Å². The molecule has 1 aromatic carbocycles. The fourth-order valence-corrected chi connectivity index (χ4v) is 3.89. The second-order valence-electron chi connectivity index (χ2n) is 6.77. The van der Waals surface area contributed by atoms with Crippen molar-refractivity contribution in [3.63, 3.8) is 0 Å². The maximum atomic E-state index is 3.78. The van der Waals surface area contributed by atoms with Gasteiger partial charge in [-0.3, -0.25) is 0 Å². The van der Waals surface area contributed by atoms with Crippen molar-refractivity contribution in [3.05, 3.63) is 42.0 Å². The van der Waals surface area contributed by atoms with Crippen molar-refractivity contribution < 1.29 is 0 Å². The monoisotopic (exact) mass is 270 g/mol. The molecule has 108 valence electrons. The van der Waals surface area contributed by atoms with E-state index in [4.69, 9.17) is 0 Å². The molecule has 0 aliphatic heterocycles. The zero-order valence-electron chi connectivity index (χ0n) is 12.8. The quantitative estimate of drug-likeness (QED) is 0.820. The van der Waals surface area contributed by atoms with Crippen molar-refractivity contribution in [2.24, 2.45) is 17.8 Å². The molecule has 2 bridgehead atoms. The largest absolute Gasteiger partial charge is 0.382 e. The normalized spacial score (nSPS) is 29.1. The third kappa shape index (κ3) is 2.76. The number of nitrogens with zero attached hydrogens (tertiary/aromatic N) is 1. The number of nitrogens with one attached hydrogen (secondary N) is 1. The van der Waals surface area contributed by atoms with Gasteiger partial charge in [-0.2, -0.15) is 0 Å². The lowest BCUT2D eigenvalue weighted by Crippen LogP contribution is -2.29. The summed E-state index contributed by atoms with van der Waals surface area (Å²) in [6.07, 6.45) is 7.62. The fraction of sp³-hybridized carbons (Fsp3) is 0.556. The van der Waals surface area contributed by atoms with E-state index in [2.05, 4.69) is 67.7 Å². The van der Waals surface area contributed by atoms with E-state index in [0.717, 1.165) is 24.3 Å². The van der Waals surface area contributed by atoms with E-state index in [-0.39, 0.29) is 0 Å². The van der Waals surface area contributed by atoms with Gasteiger partial charge in [-0.1, -0.05) is 30.4 Å². The van der Waals surface area contributed by atoms with Crippen molar-refractivity contribution in [2.75, 3.05) is 19.4 Å². The zero-order valence-corrected chi connectivity index (χ0v) is 12.8. The third-order valence-corrected chi connectivity index (χ3v) is 4.86. The summed E-state index contributed by atoms with van der Waals surface area (Å²) in [7, 11) is 4.25. The summed E-state index contributed by atoms with van der Waals surface area (Å²) in [5.41, 5.74) is 2.70. The van der Waals surface area contributed by atoms with Crippen LogP contribution >= 0.6 is 0 Å². The van der Waals surface area contributed by atoms with Gasteiger partial charge in [0, 0.05) is 18.3 Å².